The van der Waals surface area contributed by atoms with Crippen LogP contribution in [0, 0.1) is 5.82 Å². The van der Waals surface area contributed by atoms with Crippen LogP contribution < -0.4 is 10.9 Å². The van der Waals surface area contributed by atoms with E-state index in [1.807, 2.05) is 0 Å². The van der Waals surface area contributed by atoms with Crippen LogP contribution in [0.15, 0.2) is 64.3 Å². The number of nitrogens with zero attached hydrogens (tertiary/aromatic N) is 3. The summed E-state index contributed by atoms with van der Waals surface area (Å²) in [5.74, 6) is -2.08. The summed E-state index contributed by atoms with van der Waals surface area (Å²) >= 11 is 0. The number of nitrogens with one attached hydrogen (secondary N) is 1. The van der Waals surface area contributed by atoms with E-state index in [2.05, 4.69) is 10.4 Å². The highest BCUT2D eigenvalue weighted by Gasteiger charge is 2.26. The third-order valence-electron chi connectivity index (χ3n) is 5.79. The Morgan fingerprint density at radius 1 is 1.03 bits per heavy atom. The fraction of sp³-hybridized carbons (Fsp3) is 0.280. The summed E-state index contributed by atoms with van der Waals surface area (Å²) in [4.78, 5) is 38.3. The van der Waals surface area contributed by atoms with Crippen molar-refractivity contribution in [3.05, 3.63) is 82.0 Å². The highest BCUT2D eigenvalue weighted by molar-refractivity contribution is 7.89. The Morgan fingerprint density at radius 3 is 2.30 bits per heavy atom. The number of hydrogen-bond acceptors (Lipinski definition) is 7. The fourth-order valence-corrected chi connectivity index (χ4v) is 5.41. The Balaban J connectivity index is 1.61. The summed E-state index contributed by atoms with van der Waals surface area (Å²) < 4.78 is 46.3. The first kappa shape index (κ1) is 26.2. The number of ether oxygens (including phenoxy) is 1. The van der Waals surface area contributed by atoms with Crippen LogP contribution in [-0.4, -0.2) is 54.1 Å². The number of aromatic nitrogens is 2. The molecule has 2 aromatic carbocycles. The van der Waals surface area contributed by atoms with E-state index in [4.69, 9.17) is 4.74 Å². The molecule has 12 heteroatoms. The number of carbonyl (C=O) groups excluding carboxylic acids is 2. The van der Waals surface area contributed by atoms with Crippen LogP contribution >= 0.6 is 0 Å². The maximum atomic E-state index is 13.3. The van der Waals surface area contributed by atoms with Crippen LogP contribution in [0.1, 0.15) is 47.0 Å². The molecule has 10 nitrogen and oxygen atoms in total. The molecule has 1 N–H and O–H groups in total. The lowest BCUT2D eigenvalue weighted by Crippen LogP contribution is -2.35. The van der Waals surface area contributed by atoms with Gasteiger partial charge >= 0.3 is 5.97 Å². The van der Waals surface area contributed by atoms with E-state index in [-0.39, 0.29) is 34.1 Å². The number of sulfonamides is 1. The highest BCUT2D eigenvalue weighted by Crippen LogP contribution is 2.22. The number of piperidine rings is 1. The molecule has 0 radical (unpaired) electrons. The minimum atomic E-state index is -3.66. The van der Waals surface area contributed by atoms with Gasteiger partial charge in [-0.2, -0.15) is 14.1 Å². The number of halogens is 1. The Kier molecular flexibility index (Phi) is 7.79. The standard InChI is InChI=1S/C25H25FN4O6S/c1-2-36-25(33)23-21(16-22(31)30(28-23)19-10-8-18(26)9-11-19)27-24(32)17-6-12-20(13-7-17)37(34,35)29-14-4-3-5-15-29/h6-13,16H,2-5,14-15H2,1H3,(H,27,32). The zero-order valence-corrected chi connectivity index (χ0v) is 20.8. The van der Waals surface area contributed by atoms with Gasteiger partial charge in [-0.05, 0) is 68.3 Å². The number of benzene rings is 2. The minimum Gasteiger partial charge on any atom is -0.461 e. The Labute approximate surface area is 212 Å². The Hall–Kier alpha value is -3.90. The molecule has 1 aromatic heterocycles. The van der Waals surface area contributed by atoms with E-state index >= 15 is 0 Å². The van der Waals surface area contributed by atoms with Crippen molar-refractivity contribution in [2.45, 2.75) is 31.1 Å². The van der Waals surface area contributed by atoms with E-state index in [9.17, 15) is 27.2 Å². The average Bonchev–Trinajstić information content (AvgIpc) is 2.90. The maximum absolute atomic E-state index is 13.3. The molecule has 3 aromatic rings. The lowest BCUT2D eigenvalue weighted by atomic mass is 10.2. The topological polar surface area (TPSA) is 128 Å². The van der Waals surface area contributed by atoms with Gasteiger partial charge in [0.1, 0.15) is 5.82 Å². The smallest absolute Gasteiger partial charge is 0.360 e. The van der Waals surface area contributed by atoms with E-state index in [0.29, 0.717) is 13.1 Å². The van der Waals surface area contributed by atoms with Gasteiger partial charge in [0, 0.05) is 24.7 Å². The minimum absolute atomic E-state index is 0.0243. The maximum Gasteiger partial charge on any atom is 0.360 e. The SMILES string of the molecule is CCOC(=O)c1nn(-c2ccc(F)cc2)c(=O)cc1NC(=O)c1ccc(S(=O)(=O)N2CCCCC2)cc1. The van der Waals surface area contributed by atoms with E-state index in [0.717, 1.165) is 42.1 Å². The fourth-order valence-electron chi connectivity index (χ4n) is 3.90. The second-order valence-corrected chi connectivity index (χ2v) is 10.2. The summed E-state index contributed by atoms with van der Waals surface area (Å²) in [7, 11) is -3.66. The molecule has 0 unspecified atom stereocenters. The van der Waals surface area contributed by atoms with Crippen LogP contribution in [0.3, 0.4) is 0 Å². The predicted octanol–water partition coefficient (Wildman–Crippen LogP) is 2.98. The Bertz CT molecular complexity index is 1460. The molecule has 0 aliphatic carbocycles. The van der Waals surface area contributed by atoms with E-state index < -0.39 is 33.3 Å². The second-order valence-electron chi connectivity index (χ2n) is 8.30. The van der Waals surface area contributed by atoms with Gasteiger partial charge in [-0.3, -0.25) is 9.59 Å². The van der Waals surface area contributed by atoms with Gasteiger partial charge in [-0.25, -0.2) is 17.6 Å². The molecule has 4 rings (SSSR count). The molecule has 37 heavy (non-hydrogen) atoms. The van der Waals surface area contributed by atoms with Crippen molar-refractivity contribution in [2.24, 2.45) is 0 Å². The molecule has 1 fully saturated rings. The van der Waals surface area contributed by atoms with Gasteiger partial charge in [-0.1, -0.05) is 6.42 Å². The largest absolute Gasteiger partial charge is 0.461 e. The molecule has 0 saturated carbocycles. The normalized spacial score (nSPS) is 14.2. The van der Waals surface area contributed by atoms with Gasteiger partial charge in [0.05, 0.1) is 22.9 Å². The summed E-state index contributed by atoms with van der Waals surface area (Å²) in [6.07, 6.45) is 2.59. The van der Waals surface area contributed by atoms with E-state index in [1.165, 1.54) is 40.7 Å². The average molecular weight is 529 g/mol. The highest BCUT2D eigenvalue weighted by atomic mass is 32.2. The third kappa shape index (κ3) is 5.75. The quantitative estimate of drug-likeness (QED) is 0.467. The first-order valence-electron chi connectivity index (χ1n) is 11.7. The van der Waals surface area contributed by atoms with Crippen molar-refractivity contribution < 1.29 is 27.1 Å². The van der Waals surface area contributed by atoms with Crippen LogP contribution in [0.5, 0.6) is 0 Å². The molecule has 2 heterocycles. The van der Waals surface area contributed by atoms with Crippen molar-refractivity contribution in [3.63, 3.8) is 0 Å². The van der Waals surface area contributed by atoms with Crippen molar-refractivity contribution in [1.29, 1.82) is 0 Å². The molecule has 194 valence electrons. The van der Waals surface area contributed by atoms with Crippen LogP contribution in [0.25, 0.3) is 5.69 Å². The van der Waals surface area contributed by atoms with Crippen molar-refractivity contribution >= 4 is 27.6 Å². The van der Waals surface area contributed by atoms with Gasteiger partial charge in [0.15, 0.2) is 5.69 Å². The van der Waals surface area contributed by atoms with Gasteiger partial charge < -0.3 is 10.1 Å². The summed E-state index contributed by atoms with van der Waals surface area (Å²) in [6.45, 7) is 2.53. The first-order chi connectivity index (χ1) is 17.7. The summed E-state index contributed by atoms with van der Waals surface area (Å²) in [6, 6.07) is 11.3. The molecule has 1 aliphatic heterocycles. The van der Waals surface area contributed by atoms with Crippen molar-refractivity contribution in [2.75, 3.05) is 25.0 Å². The number of hydrogen-bond donors (Lipinski definition) is 1. The van der Waals surface area contributed by atoms with Gasteiger partial charge in [0.25, 0.3) is 11.5 Å². The summed E-state index contributed by atoms with van der Waals surface area (Å²) in [5.41, 5.74) is -0.881. The molecule has 0 bridgehead atoms. The molecule has 1 amide bonds. The van der Waals surface area contributed by atoms with Gasteiger partial charge in [-0.15, -0.1) is 0 Å². The number of anilines is 1. The lowest BCUT2D eigenvalue weighted by molar-refractivity contribution is 0.0518. The number of rotatable bonds is 7. The number of carbonyl (C=O) groups is 2. The van der Waals surface area contributed by atoms with Crippen LogP contribution in [0.2, 0.25) is 0 Å². The Morgan fingerprint density at radius 2 is 1.68 bits per heavy atom. The van der Waals surface area contributed by atoms with Gasteiger partial charge in [0.2, 0.25) is 10.0 Å². The molecular formula is C25H25FN4O6S. The second kappa shape index (κ2) is 11.0. The monoisotopic (exact) mass is 528 g/mol. The van der Waals surface area contributed by atoms with Crippen molar-refractivity contribution in [1.82, 2.24) is 14.1 Å². The predicted molar refractivity (Wildman–Crippen MR) is 133 cm³/mol. The van der Waals surface area contributed by atoms with Crippen molar-refractivity contribution in [3.8, 4) is 5.69 Å². The molecule has 1 aliphatic rings. The molecule has 1 saturated heterocycles. The molecule has 0 atom stereocenters. The molecular weight excluding hydrogens is 503 g/mol. The van der Waals surface area contributed by atoms with Crippen LogP contribution in [0.4, 0.5) is 10.1 Å². The zero-order valence-electron chi connectivity index (χ0n) is 20.0. The number of esters is 1. The third-order valence-corrected chi connectivity index (χ3v) is 7.70. The molecule has 0 spiro atoms. The van der Waals surface area contributed by atoms with Crippen LogP contribution in [-0.2, 0) is 14.8 Å². The summed E-state index contributed by atoms with van der Waals surface area (Å²) in [5, 5.41) is 6.52. The first-order valence-corrected chi connectivity index (χ1v) is 13.1. The lowest BCUT2D eigenvalue weighted by Gasteiger charge is -2.25. The zero-order chi connectivity index (χ0) is 26.6. The van der Waals surface area contributed by atoms with E-state index in [1.54, 1.807) is 6.92 Å². The number of amides is 1.